The molecule has 0 spiro atoms. The van der Waals surface area contributed by atoms with E-state index in [-0.39, 0.29) is 31.4 Å². The predicted octanol–water partition coefficient (Wildman–Crippen LogP) is 2.05. The number of nitrogens with zero attached hydrogens (tertiary/aromatic N) is 2. The zero-order chi connectivity index (χ0) is 18.4. The Bertz CT molecular complexity index is 692. The molecule has 2 heterocycles. The van der Waals surface area contributed by atoms with E-state index in [9.17, 15) is 27.9 Å². The van der Waals surface area contributed by atoms with Gasteiger partial charge < -0.3 is 14.9 Å². The number of halogens is 3. The van der Waals surface area contributed by atoms with E-state index in [0.717, 1.165) is 4.90 Å². The summed E-state index contributed by atoms with van der Waals surface area (Å²) in [7, 11) is 0. The number of anilines is 1. The highest BCUT2D eigenvalue weighted by molar-refractivity contribution is 5.96. The lowest BCUT2D eigenvalue weighted by Gasteiger charge is -2.59. The maximum absolute atomic E-state index is 12.7. The second kappa shape index (κ2) is 6.33. The summed E-state index contributed by atoms with van der Waals surface area (Å²) in [6.07, 6.45) is -5.89. The molecule has 136 valence electrons. The van der Waals surface area contributed by atoms with Gasteiger partial charge in [0.1, 0.15) is 6.42 Å². The number of hydrogen-bond donors (Lipinski definition) is 1. The second-order valence-corrected chi connectivity index (χ2v) is 6.35. The number of fused-ring (bicyclic) bond motifs is 3. The molecule has 1 aromatic carbocycles. The van der Waals surface area contributed by atoms with Crippen LogP contribution >= 0.6 is 0 Å². The standard InChI is InChI=1S/C17H19F3N2O3/c1-2-14(24)22-12-8-21(15(25)7-17(18,19)20)11-6-4-3-5-10(11)16(12)13(22)9-23/h3-6,12-13,16,23H,2,7-9H2,1H3/t12-,13-,16+/m0/s1. The summed E-state index contributed by atoms with van der Waals surface area (Å²) in [5.74, 6) is -1.38. The molecule has 5 nitrogen and oxygen atoms in total. The second-order valence-electron chi connectivity index (χ2n) is 6.35. The summed E-state index contributed by atoms with van der Waals surface area (Å²) in [5, 5.41) is 9.67. The topological polar surface area (TPSA) is 60.9 Å². The van der Waals surface area contributed by atoms with Crippen LogP contribution in [-0.2, 0) is 9.59 Å². The molecule has 1 N–H and O–H groups in total. The lowest BCUT2D eigenvalue weighted by Crippen LogP contribution is -2.70. The third kappa shape index (κ3) is 2.99. The molecule has 0 saturated carbocycles. The van der Waals surface area contributed by atoms with Crippen molar-refractivity contribution in [3.05, 3.63) is 29.8 Å². The number of aliphatic hydroxyl groups is 1. The molecule has 2 aliphatic heterocycles. The molecule has 1 aromatic rings. The Labute approximate surface area is 143 Å². The molecular weight excluding hydrogens is 337 g/mol. The van der Waals surface area contributed by atoms with Crippen molar-refractivity contribution in [3.8, 4) is 0 Å². The summed E-state index contributed by atoms with van der Waals surface area (Å²) in [6.45, 7) is 1.48. The maximum Gasteiger partial charge on any atom is 0.397 e. The minimum Gasteiger partial charge on any atom is -0.394 e. The quantitative estimate of drug-likeness (QED) is 0.902. The summed E-state index contributed by atoms with van der Waals surface area (Å²) < 4.78 is 38.0. The monoisotopic (exact) mass is 356 g/mol. The van der Waals surface area contributed by atoms with Crippen LogP contribution in [0.1, 0.15) is 31.2 Å². The number of carbonyl (C=O) groups is 2. The lowest BCUT2D eigenvalue weighted by atomic mass is 9.71. The molecule has 2 amide bonds. The molecular formula is C17H19F3N2O3. The molecule has 25 heavy (non-hydrogen) atoms. The van der Waals surface area contributed by atoms with Gasteiger partial charge in [0.05, 0.1) is 18.7 Å². The average Bonchev–Trinajstić information content (AvgIpc) is 2.53. The highest BCUT2D eigenvalue weighted by Gasteiger charge is 2.55. The van der Waals surface area contributed by atoms with Gasteiger partial charge in [0.15, 0.2) is 0 Å². The molecule has 1 saturated heterocycles. The Morgan fingerprint density at radius 3 is 2.52 bits per heavy atom. The Balaban J connectivity index is 1.96. The summed E-state index contributed by atoms with van der Waals surface area (Å²) in [5.41, 5.74) is 1.13. The fourth-order valence-electron chi connectivity index (χ4n) is 3.92. The van der Waals surface area contributed by atoms with Gasteiger partial charge in [0.25, 0.3) is 0 Å². The van der Waals surface area contributed by atoms with Gasteiger partial charge in [-0.05, 0) is 11.6 Å². The fourth-order valence-corrected chi connectivity index (χ4v) is 3.92. The Kier molecular flexibility index (Phi) is 4.49. The number of likely N-dealkylation sites (tertiary alicyclic amines) is 1. The highest BCUT2D eigenvalue weighted by Crippen LogP contribution is 2.48. The summed E-state index contributed by atoms with van der Waals surface area (Å²) in [6, 6.07) is 5.95. The van der Waals surface area contributed by atoms with Crippen molar-refractivity contribution in [3.63, 3.8) is 0 Å². The number of rotatable bonds is 3. The molecule has 3 atom stereocenters. The van der Waals surface area contributed by atoms with Crippen LogP contribution in [-0.4, -0.2) is 53.2 Å². The van der Waals surface area contributed by atoms with Gasteiger partial charge in [-0.1, -0.05) is 25.1 Å². The van der Waals surface area contributed by atoms with Crippen molar-refractivity contribution in [1.82, 2.24) is 4.90 Å². The van der Waals surface area contributed by atoms with Gasteiger partial charge in [0.2, 0.25) is 11.8 Å². The number of alkyl halides is 3. The van der Waals surface area contributed by atoms with Crippen molar-refractivity contribution in [2.75, 3.05) is 18.1 Å². The molecule has 2 aliphatic rings. The van der Waals surface area contributed by atoms with E-state index in [2.05, 4.69) is 0 Å². The number of amides is 2. The van der Waals surface area contributed by atoms with Gasteiger partial charge in [-0.2, -0.15) is 13.2 Å². The first-order chi connectivity index (χ1) is 11.8. The van der Waals surface area contributed by atoms with E-state index >= 15 is 0 Å². The minimum absolute atomic E-state index is 0.0127. The largest absolute Gasteiger partial charge is 0.397 e. The van der Waals surface area contributed by atoms with Crippen LogP contribution in [0.2, 0.25) is 0 Å². The zero-order valence-electron chi connectivity index (χ0n) is 13.7. The van der Waals surface area contributed by atoms with Crippen molar-refractivity contribution in [2.24, 2.45) is 0 Å². The zero-order valence-corrected chi connectivity index (χ0v) is 13.7. The van der Waals surface area contributed by atoms with Crippen LogP contribution < -0.4 is 4.90 Å². The van der Waals surface area contributed by atoms with Crippen LogP contribution in [0.4, 0.5) is 18.9 Å². The van der Waals surface area contributed by atoms with Crippen LogP contribution in [0.15, 0.2) is 24.3 Å². The van der Waals surface area contributed by atoms with E-state index in [1.165, 1.54) is 4.90 Å². The first kappa shape index (κ1) is 17.7. The molecule has 0 bridgehead atoms. The summed E-state index contributed by atoms with van der Waals surface area (Å²) >= 11 is 0. The smallest absolute Gasteiger partial charge is 0.394 e. The summed E-state index contributed by atoms with van der Waals surface area (Å²) in [4.78, 5) is 27.0. The normalized spacial score (nSPS) is 25.1. The number of carbonyl (C=O) groups excluding carboxylic acids is 2. The molecule has 0 aliphatic carbocycles. The minimum atomic E-state index is -4.59. The highest BCUT2D eigenvalue weighted by atomic mass is 19.4. The Hall–Kier alpha value is -2.09. The van der Waals surface area contributed by atoms with Crippen LogP contribution in [0, 0.1) is 0 Å². The van der Waals surface area contributed by atoms with Gasteiger partial charge >= 0.3 is 6.18 Å². The Morgan fingerprint density at radius 1 is 1.24 bits per heavy atom. The van der Waals surface area contributed by atoms with E-state index in [0.29, 0.717) is 11.3 Å². The molecule has 0 radical (unpaired) electrons. The number of hydrogen-bond acceptors (Lipinski definition) is 3. The van der Waals surface area contributed by atoms with E-state index < -0.39 is 30.6 Å². The average molecular weight is 356 g/mol. The molecule has 8 heteroatoms. The third-order valence-corrected chi connectivity index (χ3v) is 4.93. The first-order valence-corrected chi connectivity index (χ1v) is 8.16. The van der Waals surface area contributed by atoms with Crippen LogP contribution in [0.5, 0.6) is 0 Å². The number of benzene rings is 1. The van der Waals surface area contributed by atoms with Crippen molar-refractivity contribution < 1.29 is 27.9 Å². The molecule has 1 fully saturated rings. The van der Waals surface area contributed by atoms with E-state index in [4.69, 9.17) is 0 Å². The van der Waals surface area contributed by atoms with Crippen molar-refractivity contribution >= 4 is 17.5 Å². The molecule has 0 aromatic heterocycles. The van der Waals surface area contributed by atoms with Crippen LogP contribution in [0.3, 0.4) is 0 Å². The predicted molar refractivity (Wildman–Crippen MR) is 84.0 cm³/mol. The van der Waals surface area contributed by atoms with Gasteiger partial charge in [-0.25, -0.2) is 0 Å². The van der Waals surface area contributed by atoms with Crippen molar-refractivity contribution in [2.45, 2.75) is 43.9 Å². The molecule has 3 rings (SSSR count). The van der Waals surface area contributed by atoms with Crippen molar-refractivity contribution in [1.29, 1.82) is 0 Å². The lowest BCUT2D eigenvalue weighted by molar-refractivity contribution is -0.156. The SMILES string of the molecule is CCC(=O)N1[C@@H](CO)[C@@H]2c3ccccc3N(C(=O)CC(F)(F)F)C[C@@H]21. The van der Waals surface area contributed by atoms with E-state index in [1.807, 2.05) is 0 Å². The molecule has 0 unspecified atom stereocenters. The first-order valence-electron chi connectivity index (χ1n) is 8.16. The fraction of sp³-hybridized carbons (Fsp3) is 0.529. The number of aliphatic hydroxyl groups excluding tert-OH is 1. The Morgan fingerprint density at radius 2 is 1.92 bits per heavy atom. The number of para-hydroxylation sites is 1. The third-order valence-electron chi connectivity index (χ3n) is 4.93. The van der Waals surface area contributed by atoms with Gasteiger partial charge in [0, 0.05) is 24.6 Å². The maximum atomic E-state index is 12.7. The van der Waals surface area contributed by atoms with E-state index in [1.54, 1.807) is 31.2 Å². The van der Waals surface area contributed by atoms with Gasteiger partial charge in [-0.15, -0.1) is 0 Å². The van der Waals surface area contributed by atoms with Gasteiger partial charge in [-0.3, -0.25) is 9.59 Å². The van der Waals surface area contributed by atoms with Crippen LogP contribution in [0.25, 0.3) is 0 Å².